The van der Waals surface area contributed by atoms with Crippen molar-refractivity contribution in [2.24, 2.45) is 11.8 Å². The Morgan fingerprint density at radius 3 is 2.37 bits per heavy atom. The van der Waals surface area contributed by atoms with Crippen LogP contribution in [0, 0.1) is 11.8 Å². The molecule has 2 N–H and O–H groups in total. The number of likely N-dealkylation sites (tertiary alicyclic amines) is 1. The Bertz CT molecular complexity index is 789. The minimum Gasteiger partial charge on any atom is -0.343 e. The molecule has 0 saturated carbocycles. The monoisotopic (exact) mass is 416 g/mol. The SMILES string of the molecule is CC(C)C(CC(=O)N1CCC(S(=O)(=O)c2ccccc2Cl)CC1)C(=O)NO. The first-order valence-electron chi connectivity index (χ1n) is 8.88. The van der Waals surface area contributed by atoms with Gasteiger partial charge in [0.25, 0.3) is 0 Å². The van der Waals surface area contributed by atoms with Crippen molar-refractivity contribution in [3.63, 3.8) is 0 Å². The van der Waals surface area contributed by atoms with Gasteiger partial charge in [0, 0.05) is 19.5 Å². The number of amides is 2. The zero-order valence-electron chi connectivity index (χ0n) is 15.4. The first kappa shape index (κ1) is 21.7. The summed E-state index contributed by atoms with van der Waals surface area (Å²) in [6, 6.07) is 6.35. The second-order valence-electron chi connectivity index (χ2n) is 7.09. The summed E-state index contributed by atoms with van der Waals surface area (Å²) in [4.78, 5) is 25.9. The summed E-state index contributed by atoms with van der Waals surface area (Å²) in [6.07, 6.45) is 0.613. The van der Waals surface area contributed by atoms with Gasteiger partial charge in [-0.15, -0.1) is 0 Å². The van der Waals surface area contributed by atoms with Crippen molar-refractivity contribution in [1.82, 2.24) is 10.4 Å². The van der Waals surface area contributed by atoms with E-state index in [0.29, 0.717) is 25.9 Å². The molecule has 1 heterocycles. The Kier molecular flexibility index (Phi) is 7.25. The largest absolute Gasteiger partial charge is 0.343 e. The van der Waals surface area contributed by atoms with Crippen LogP contribution in [0.2, 0.25) is 5.02 Å². The quantitative estimate of drug-likeness (QED) is 0.546. The summed E-state index contributed by atoms with van der Waals surface area (Å²) in [7, 11) is -3.56. The van der Waals surface area contributed by atoms with Gasteiger partial charge in [-0.3, -0.25) is 14.8 Å². The number of nitrogens with zero attached hydrogens (tertiary/aromatic N) is 1. The molecule has 0 aliphatic carbocycles. The Labute approximate surface area is 164 Å². The van der Waals surface area contributed by atoms with E-state index in [2.05, 4.69) is 0 Å². The van der Waals surface area contributed by atoms with Crippen LogP contribution in [0.15, 0.2) is 29.2 Å². The van der Waals surface area contributed by atoms with Crippen LogP contribution in [0.1, 0.15) is 33.1 Å². The number of rotatable bonds is 6. The Balaban J connectivity index is 2.01. The first-order chi connectivity index (χ1) is 12.7. The molecular formula is C18H25ClN2O5S. The predicted octanol–water partition coefficient (Wildman–Crippen LogP) is 2.27. The smallest absolute Gasteiger partial charge is 0.247 e. The number of hydrogen-bond acceptors (Lipinski definition) is 5. The van der Waals surface area contributed by atoms with Gasteiger partial charge in [0.2, 0.25) is 11.8 Å². The maximum Gasteiger partial charge on any atom is 0.247 e. The average Bonchev–Trinajstić information content (AvgIpc) is 2.65. The molecule has 27 heavy (non-hydrogen) atoms. The molecule has 0 aromatic heterocycles. The van der Waals surface area contributed by atoms with E-state index < -0.39 is 26.9 Å². The first-order valence-corrected chi connectivity index (χ1v) is 10.8. The van der Waals surface area contributed by atoms with Crippen LogP contribution in [0.3, 0.4) is 0 Å². The van der Waals surface area contributed by atoms with E-state index in [-0.39, 0.29) is 28.2 Å². The maximum absolute atomic E-state index is 12.8. The molecule has 7 nitrogen and oxygen atoms in total. The summed E-state index contributed by atoms with van der Waals surface area (Å²) < 4.78 is 25.6. The van der Waals surface area contributed by atoms with E-state index in [4.69, 9.17) is 16.8 Å². The third-order valence-corrected chi connectivity index (χ3v) is 7.78. The van der Waals surface area contributed by atoms with Crippen LogP contribution in [0.5, 0.6) is 0 Å². The lowest BCUT2D eigenvalue weighted by molar-refractivity contribution is -0.141. The number of benzene rings is 1. The second kappa shape index (κ2) is 9.03. The van der Waals surface area contributed by atoms with Crippen molar-refractivity contribution < 1.29 is 23.2 Å². The molecule has 1 aromatic carbocycles. The van der Waals surface area contributed by atoms with Crippen molar-refractivity contribution in [1.29, 1.82) is 0 Å². The zero-order valence-corrected chi connectivity index (χ0v) is 17.0. The van der Waals surface area contributed by atoms with Crippen LogP contribution in [0.4, 0.5) is 0 Å². The third-order valence-electron chi connectivity index (χ3n) is 5.02. The number of piperidine rings is 1. The molecule has 1 atom stereocenters. The van der Waals surface area contributed by atoms with Gasteiger partial charge in [0.1, 0.15) is 0 Å². The highest BCUT2D eigenvalue weighted by Crippen LogP contribution is 2.29. The van der Waals surface area contributed by atoms with Gasteiger partial charge in [-0.1, -0.05) is 37.6 Å². The molecule has 0 bridgehead atoms. The maximum atomic E-state index is 12.8. The highest BCUT2D eigenvalue weighted by Gasteiger charge is 2.35. The van der Waals surface area contributed by atoms with E-state index in [0.717, 1.165) is 0 Å². The molecule has 0 spiro atoms. The number of hydrogen-bond donors (Lipinski definition) is 2. The highest BCUT2D eigenvalue weighted by molar-refractivity contribution is 7.92. The van der Waals surface area contributed by atoms with E-state index in [1.54, 1.807) is 42.4 Å². The number of halogens is 1. The molecule has 1 unspecified atom stereocenters. The summed E-state index contributed by atoms with van der Waals surface area (Å²) >= 11 is 6.04. The zero-order chi connectivity index (χ0) is 20.2. The summed E-state index contributed by atoms with van der Waals surface area (Å²) in [5.74, 6) is -1.55. The Hall–Kier alpha value is -1.64. The number of carbonyl (C=O) groups excluding carboxylic acids is 2. The van der Waals surface area contributed by atoms with Gasteiger partial charge in [0.05, 0.1) is 21.1 Å². The van der Waals surface area contributed by atoms with Crippen LogP contribution in [0.25, 0.3) is 0 Å². The van der Waals surface area contributed by atoms with Crippen molar-refractivity contribution in [3.05, 3.63) is 29.3 Å². The molecule has 1 fully saturated rings. The molecule has 1 aromatic rings. The van der Waals surface area contributed by atoms with Gasteiger partial charge in [0.15, 0.2) is 9.84 Å². The van der Waals surface area contributed by atoms with Crippen molar-refractivity contribution in [3.8, 4) is 0 Å². The molecule has 0 radical (unpaired) electrons. The fourth-order valence-corrected chi connectivity index (χ4v) is 5.56. The predicted molar refractivity (Wildman–Crippen MR) is 101 cm³/mol. The minimum absolute atomic E-state index is 0.0218. The Morgan fingerprint density at radius 2 is 1.85 bits per heavy atom. The molecule has 1 aliphatic rings. The number of carbonyl (C=O) groups is 2. The number of nitrogens with one attached hydrogen (secondary N) is 1. The van der Waals surface area contributed by atoms with E-state index >= 15 is 0 Å². The van der Waals surface area contributed by atoms with E-state index in [1.807, 2.05) is 0 Å². The van der Waals surface area contributed by atoms with Crippen molar-refractivity contribution in [2.45, 2.75) is 43.3 Å². The topological polar surface area (TPSA) is 104 Å². The second-order valence-corrected chi connectivity index (χ2v) is 9.69. The highest BCUT2D eigenvalue weighted by atomic mass is 35.5. The molecule has 2 rings (SSSR count). The van der Waals surface area contributed by atoms with Crippen LogP contribution < -0.4 is 5.48 Å². The molecule has 150 valence electrons. The van der Waals surface area contributed by atoms with Crippen LogP contribution in [-0.2, 0) is 19.4 Å². The fraction of sp³-hybridized carbons (Fsp3) is 0.556. The van der Waals surface area contributed by atoms with Gasteiger partial charge in [-0.05, 0) is 30.9 Å². The minimum atomic E-state index is -3.56. The molecule has 2 amide bonds. The van der Waals surface area contributed by atoms with Crippen LogP contribution >= 0.6 is 11.6 Å². The molecule has 1 aliphatic heterocycles. The molecular weight excluding hydrogens is 392 g/mol. The summed E-state index contributed by atoms with van der Waals surface area (Å²) in [5.41, 5.74) is 1.60. The molecule has 1 saturated heterocycles. The number of hydroxylamine groups is 1. The Morgan fingerprint density at radius 1 is 1.26 bits per heavy atom. The van der Waals surface area contributed by atoms with Gasteiger partial charge < -0.3 is 4.90 Å². The van der Waals surface area contributed by atoms with Crippen molar-refractivity contribution >= 4 is 33.3 Å². The summed E-state index contributed by atoms with van der Waals surface area (Å²) in [6.45, 7) is 4.21. The van der Waals surface area contributed by atoms with E-state index in [1.165, 1.54) is 6.07 Å². The lowest BCUT2D eigenvalue weighted by Gasteiger charge is -2.33. The standard InChI is InChI=1S/C18H25ClN2O5S/c1-12(2)14(18(23)20-24)11-17(22)21-9-7-13(8-10-21)27(25,26)16-6-4-3-5-15(16)19/h3-6,12-14,24H,7-11H2,1-2H3,(H,20,23). The van der Waals surface area contributed by atoms with Crippen molar-refractivity contribution in [2.75, 3.05) is 13.1 Å². The average molecular weight is 417 g/mol. The number of sulfone groups is 1. The lowest BCUT2D eigenvalue weighted by Crippen LogP contribution is -2.44. The van der Waals surface area contributed by atoms with Gasteiger partial charge in [-0.25, -0.2) is 13.9 Å². The normalized spacial score (nSPS) is 17.0. The summed E-state index contributed by atoms with van der Waals surface area (Å²) in [5, 5.41) is 8.44. The lowest BCUT2D eigenvalue weighted by atomic mass is 9.91. The van der Waals surface area contributed by atoms with E-state index in [9.17, 15) is 18.0 Å². The fourth-order valence-electron chi connectivity index (χ4n) is 3.30. The van der Waals surface area contributed by atoms with Gasteiger partial charge >= 0.3 is 0 Å². The third kappa shape index (κ3) is 5.00. The van der Waals surface area contributed by atoms with Gasteiger partial charge in [-0.2, -0.15) is 0 Å². The van der Waals surface area contributed by atoms with Crippen LogP contribution in [-0.4, -0.2) is 48.7 Å². The molecule has 9 heteroatoms.